The minimum absolute atomic E-state index is 0.544. The van der Waals surface area contributed by atoms with Gasteiger partial charge in [-0.25, -0.2) is 4.21 Å². The van der Waals surface area contributed by atoms with E-state index in [9.17, 15) is 4.21 Å². The van der Waals surface area contributed by atoms with Gasteiger partial charge in [0.25, 0.3) is 0 Å². The van der Waals surface area contributed by atoms with Gasteiger partial charge in [0.15, 0.2) is 11.0 Å². The molecule has 0 saturated heterocycles. The SMILES string of the molecule is Cn1ncc2cccc(NS(=O)c3ccc(-c4cncc(Cl)c4)nc3)c21. The highest BCUT2D eigenvalue weighted by Crippen LogP contribution is 2.25. The smallest absolute Gasteiger partial charge is 0.151 e. The lowest BCUT2D eigenvalue weighted by Gasteiger charge is -2.09. The van der Waals surface area contributed by atoms with E-state index < -0.39 is 11.0 Å². The molecule has 0 amide bonds. The van der Waals surface area contributed by atoms with Gasteiger partial charge in [-0.15, -0.1) is 0 Å². The molecule has 0 radical (unpaired) electrons. The van der Waals surface area contributed by atoms with Crippen molar-refractivity contribution >= 4 is 39.2 Å². The molecular weight excluding hydrogens is 370 g/mol. The molecule has 3 heterocycles. The van der Waals surface area contributed by atoms with E-state index in [1.54, 1.807) is 47.7 Å². The van der Waals surface area contributed by atoms with Crippen LogP contribution < -0.4 is 4.72 Å². The van der Waals surface area contributed by atoms with Crippen molar-refractivity contribution in [1.29, 1.82) is 0 Å². The monoisotopic (exact) mass is 383 g/mol. The normalized spacial score (nSPS) is 12.2. The van der Waals surface area contributed by atoms with Gasteiger partial charge in [-0.2, -0.15) is 5.10 Å². The fourth-order valence-corrected chi connectivity index (χ4v) is 3.68. The van der Waals surface area contributed by atoms with E-state index in [-0.39, 0.29) is 0 Å². The highest BCUT2D eigenvalue weighted by atomic mass is 35.5. The third-order valence-electron chi connectivity index (χ3n) is 3.91. The van der Waals surface area contributed by atoms with Crippen LogP contribution in [0.25, 0.3) is 22.2 Å². The fraction of sp³-hybridized carbons (Fsp3) is 0.0556. The van der Waals surface area contributed by atoms with Gasteiger partial charge in [0.05, 0.1) is 33.0 Å². The van der Waals surface area contributed by atoms with Gasteiger partial charge < -0.3 is 0 Å². The average Bonchev–Trinajstić information content (AvgIpc) is 3.04. The molecule has 4 aromatic rings. The minimum atomic E-state index is -1.45. The Labute approximate surface area is 157 Å². The predicted molar refractivity (Wildman–Crippen MR) is 103 cm³/mol. The first-order chi connectivity index (χ1) is 12.6. The highest BCUT2D eigenvalue weighted by Gasteiger charge is 2.11. The standard InChI is InChI=1S/C18H14ClN5OS/c1-24-18-12(9-22-24)3-2-4-17(18)23-26(25)15-5-6-16(21-11-15)13-7-14(19)10-20-8-13/h2-11,23H,1H3. The summed E-state index contributed by atoms with van der Waals surface area (Å²) in [5, 5.41) is 5.76. The molecule has 0 aliphatic rings. The summed E-state index contributed by atoms with van der Waals surface area (Å²) in [5.74, 6) is 0. The van der Waals surface area contributed by atoms with Gasteiger partial charge in [0, 0.05) is 36.6 Å². The molecule has 0 aliphatic carbocycles. The Morgan fingerprint density at radius 3 is 2.77 bits per heavy atom. The first kappa shape index (κ1) is 16.7. The zero-order chi connectivity index (χ0) is 18.1. The second-order valence-electron chi connectivity index (χ2n) is 5.65. The number of aryl methyl sites for hydroxylation is 1. The number of pyridine rings is 2. The van der Waals surface area contributed by atoms with Crippen LogP contribution >= 0.6 is 11.6 Å². The van der Waals surface area contributed by atoms with Crippen molar-refractivity contribution in [3.63, 3.8) is 0 Å². The van der Waals surface area contributed by atoms with Crippen LogP contribution in [-0.2, 0) is 18.0 Å². The van der Waals surface area contributed by atoms with Crippen molar-refractivity contribution in [2.24, 2.45) is 7.05 Å². The van der Waals surface area contributed by atoms with E-state index in [2.05, 4.69) is 19.8 Å². The number of nitrogens with one attached hydrogen (secondary N) is 1. The van der Waals surface area contributed by atoms with E-state index in [1.807, 2.05) is 25.2 Å². The summed E-state index contributed by atoms with van der Waals surface area (Å²) in [6.45, 7) is 0. The number of hydrogen-bond donors (Lipinski definition) is 1. The van der Waals surface area contributed by atoms with Crippen molar-refractivity contribution in [2.45, 2.75) is 4.90 Å². The third-order valence-corrected chi connectivity index (χ3v) is 5.20. The molecule has 1 aromatic carbocycles. The maximum Gasteiger partial charge on any atom is 0.151 e. The number of aromatic nitrogens is 4. The van der Waals surface area contributed by atoms with Gasteiger partial charge in [0.2, 0.25) is 0 Å². The summed E-state index contributed by atoms with van der Waals surface area (Å²) >= 11 is 5.96. The number of anilines is 1. The number of nitrogens with zero attached hydrogens (tertiary/aromatic N) is 4. The van der Waals surface area contributed by atoms with Gasteiger partial charge in [0.1, 0.15) is 0 Å². The number of halogens is 1. The van der Waals surface area contributed by atoms with Crippen molar-refractivity contribution in [3.8, 4) is 11.3 Å². The van der Waals surface area contributed by atoms with Gasteiger partial charge in [-0.3, -0.25) is 19.4 Å². The first-order valence-electron chi connectivity index (χ1n) is 7.78. The Kier molecular flexibility index (Phi) is 4.40. The second kappa shape index (κ2) is 6.86. The summed E-state index contributed by atoms with van der Waals surface area (Å²) in [6.07, 6.45) is 6.62. The quantitative estimate of drug-likeness (QED) is 0.581. The van der Waals surface area contributed by atoms with Crippen molar-refractivity contribution in [3.05, 3.63) is 66.2 Å². The van der Waals surface area contributed by atoms with Crippen LogP contribution in [0, 0.1) is 0 Å². The molecule has 26 heavy (non-hydrogen) atoms. The van der Waals surface area contributed by atoms with Crippen LogP contribution in [0.1, 0.15) is 0 Å². The number of para-hydroxylation sites is 1. The van der Waals surface area contributed by atoms with Crippen LogP contribution in [0.2, 0.25) is 5.02 Å². The fourth-order valence-electron chi connectivity index (χ4n) is 2.69. The Balaban J connectivity index is 1.59. The lowest BCUT2D eigenvalue weighted by atomic mass is 10.2. The number of hydrogen-bond acceptors (Lipinski definition) is 4. The lowest BCUT2D eigenvalue weighted by molar-refractivity contribution is 0.686. The largest absolute Gasteiger partial charge is 0.299 e. The van der Waals surface area contributed by atoms with E-state index in [0.29, 0.717) is 9.92 Å². The molecule has 3 aromatic heterocycles. The Hall–Kier alpha value is -2.77. The lowest BCUT2D eigenvalue weighted by Crippen LogP contribution is -2.06. The van der Waals surface area contributed by atoms with Crippen LogP contribution in [0.5, 0.6) is 0 Å². The molecule has 0 spiro atoms. The molecule has 0 fully saturated rings. The maximum atomic E-state index is 12.7. The third kappa shape index (κ3) is 3.18. The topological polar surface area (TPSA) is 72.7 Å². The van der Waals surface area contributed by atoms with E-state index in [0.717, 1.165) is 27.8 Å². The predicted octanol–water partition coefficient (Wildman–Crippen LogP) is 3.82. The molecule has 8 heteroatoms. The Morgan fingerprint density at radius 2 is 2.00 bits per heavy atom. The molecule has 130 valence electrons. The molecule has 0 bridgehead atoms. The summed E-state index contributed by atoms with van der Waals surface area (Å²) in [4.78, 5) is 9.00. The van der Waals surface area contributed by atoms with Crippen LogP contribution in [0.3, 0.4) is 0 Å². The van der Waals surface area contributed by atoms with Gasteiger partial charge in [-0.1, -0.05) is 23.7 Å². The summed E-state index contributed by atoms with van der Waals surface area (Å²) < 4.78 is 17.5. The average molecular weight is 384 g/mol. The summed E-state index contributed by atoms with van der Waals surface area (Å²) in [5.41, 5.74) is 3.18. The molecule has 1 atom stereocenters. The van der Waals surface area contributed by atoms with E-state index in [1.165, 1.54) is 0 Å². The molecule has 1 unspecified atom stereocenters. The van der Waals surface area contributed by atoms with E-state index in [4.69, 9.17) is 11.6 Å². The molecule has 4 rings (SSSR count). The van der Waals surface area contributed by atoms with Gasteiger partial charge >= 0.3 is 0 Å². The Morgan fingerprint density at radius 1 is 1.12 bits per heavy atom. The minimum Gasteiger partial charge on any atom is -0.299 e. The summed E-state index contributed by atoms with van der Waals surface area (Å²) in [7, 11) is 0.406. The molecule has 0 saturated carbocycles. The number of rotatable bonds is 4. The maximum absolute atomic E-state index is 12.7. The van der Waals surface area contributed by atoms with E-state index >= 15 is 0 Å². The van der Waals surface area contributed by atoms with Crippen LogP contribution in [0.4, 0.5) is 5.69 Å². The molecule has 1 N–H and O–H groups in total. The molecule has 0 aliphatic heterocycles. The highest BCUT2D eigenvalue weighted by molar-refractivity contribution is 7.86. The van der Waals surface area contributed by atoms with Crippen LogP contribution in [0.15, 0.2) is 66.1 Å². The molecule has 6 nitrogen and oxygen atoms in total. The Bertz CT molecular complexity index is 1110. The number of benzene rings is 1. The number of fused-ring (bicyclic) bond motifs is 1. The van der Waals surface area contributed by atoms with Crippen molar-refractivity contribution < 1.29 is 4.21 Å². The van der Waals surface area contributed by atoms with Gasteiger partial charge in [-0.05, 0) is 24.3 Å². The zero-order valence-corrected chi connectivity index (χ0v) is 15.3. The first-order valence-corrected chi connectivity index (χ1v) is 9.31. The van der Waals surface area contributed by atoms with Crippen molar-refractivity contribution in [2.75, 3.05) is 4.72 Å². The molecular formula is C18H14ClN5OS. The summed E-state index contributed by atoms with van der Waals surface area (Å²) in [6, 6.07) is 11.1. The second-order valence-corrected chi connectivity index (χ2v) is 7.30. The zero-order valence-electron chi connectivity index (χ0n) is 13.8. The van der Waals surface area contributed by atoms with Crippen LogP contribution in [-0.4, -0.2) is 24.0 Å². The van der Waals surface area contributed by atoms with Crippen molar-refractivity contribution in [1.82, 2.24) is 19.7 Å².